The smallest absolute Gasteiger partial charge is 0.232 e. The van der Waals surface area contributed by atoms with Gasteiger partial charge in [-0.25, -0.2) is 4.98 Å². The van der Waals surface area contributed by atoms with Crippen molar-refractivity contribution in [3.8, 4) is 11.9 Å². The van der Waals surface area contributed by atoms with Gasteiger partial charge in [0, 0.05) is 24.0 Å². The van der Waals surface area contributed by atoms with E-state index in [0.29, 0.717) is 30.6 Å². The molecule has 1 aromatic heterocycles. The Bertz CT molecular complexity index is 1130. The average molecular weight is 412 g/mol. The number of nitrogens with zero attached hydrogens (tertiary/aromatic N) is 2. The topological polar surface area (TPSA) is 72.2 Å². The Morgan fingerprint density at radius 1 is 1.10 bits per heavy atom. The summed E-state index contributed by atoms with van der Waals surface area (Å²) >= 11 is 0. The Morgan fingerprint density at radius 2 is 1.77 bits per heavy atom. The van der Waals surface area contributed by atoms with Crippen LogP contribution in [-0.4, -0.2) is 23.0 Å². The second-order valence-corrected chi connectivity index (χ2v) is 8.27. The maximum Gasteiger partial charge on any atom is 0.232 e. The van der Waals surface area contributed by atoms with Crippen molar-refractivity contribution in [1.82, 2.24) is 4.98 Å². The van der Waals surface area contributed by atoms with E-state index >= 15 is 0 Å². The SMILES string of the molecule is CC1(C)Cc2c(C#N)c(OCC(=O)c3ccccc3)nc(Cc3ccccc3)c2CO1. The van der Waals surface area contributed by atoms with Gasteiger partial charge in [-0.15, -0.1) is 0 Å². The Balaban J connectivity index is 1.71. The van der Waals surface area contributed by atoms with E-state index in [1.807, 2.05) is 62.4 Å². The van der Waals surface area contributed by atoms with E-state index in [1.165, 1.54) is 0 Å². The number of benzene rings is 2. The number of ketones is 1. The van der Waals surface area contributed by atoms with Crippen LogP contribution in [0, 0.1) is 11.3 Å². The Kier molecular flexibility index (Phi) is 5.83. The number of carbonyl (C=O) groups is 1. The first kappa shape index (κ1) is 20.8. The molecule has 0 aliphatic carbocycles. The fourth-order valence-corrected chi connectivity index (χ4v) is 3.81. The first-order valence-corrected chi connectivity index (χ1v) is 10.3. The highest BCUT2D eigenvalue weighted by molar-refractivity contribution is 5.97. The summed E-state index contributed by atoms with van der Waals surface area (Å²) in [4.78, 5) is 17.2. The summed E-state index contributed by atoms with van der Waals surface area (Å²) < 4.78 is 11.9. The highest BCUT2D eigenvalue weighted by Crippen LogP contribution is 2.35. The van der Waals surface area contributed by atoms with E-state index < -0.39 is 0 Å². The van der Waals surface area contributed by atoms with Crippen LogP contribution >= 0.6 is 0 Å². The third-order valence-corrected chi connectivity index (χ3v) is 5.44. The summed E-state index contributed by atoms with van der Waals surface area (Å²) in [6, 6.07) is 21.3. The lowest BCUT2D eigenvalue weighted by atomic mass is 9.87. The van der Waals surface area contributed by atoms with Crippen molar-refractivity contribution < 1.29 is 14.3 Å². The zero-order valence-corrected chi connectivity index (χ0v) is 17.7. The van der Waals surface area contributed by atoms with Crippen molar-refractivity contribution in [1.29, 1.82) is 5.26 Å². The summed E-state index contributed by atoms with van der Waals surface area (Å²) in [6.07, 6.45) is 1.18. The molecule has 0 saturated carbocycles. The zero-order chi connectivity index (χ0) is 21.8. The minimum atomic E-state index is -0.388. The van der Waals surface area contributed by atoms with Crippen molar-refractivity contribution in [2.24, 2.45) is 0 Å². The van der Waals surface area contributed by atoms with Gasteiger partial charge in [0.15, 0.2) is 12.4 Å². The number of aromatic nitrogens is 1. The van der Waals surface area contributed by atoms with Crippen LogP contribution in [-0.2, 0) is 24.2 Å². The highest BCUT2D eigenvalue weighted by atomic mass is 16.5. The number of nitriles is 1. The largest absolute Gasteiger partial charge is 0.468 e. The maximum absolute atomic E-state index is 12.5. The van der Waals surface area contributed by atoms with Crippen molar-refractivity contribution in [3.63, 3.8) is 0 Å². The van der Waals surface area contributed by atoms with Crippen LogP contribution < -0.4 is 4.74 Å². The minimum absolute atomic E-state index is 0.155. The first-order valence-electron chi connectivity index (χ1n) is 10.3. The summed E-state index contributed by atoms with van der Waals surface area (Å²) in [5, 5.41) is 9.91. The molecule has 5 heteroatoms. The monoisotopic (exact) mass is 412 g/mol. The molecule has 4 rings (SSSR count). The van der Waals surface area contributed by atoms with E-state index in [0.717, 1.165) is 22.4 Å². The predicted octanol–water partition coefficient (Wildman–Crippen LogP) is 4.66. The highest BCUT2D eigenvalue weighted by Gasteiger charge is 2.32. The molecule has 2 heterocycles. The molecular weight excluding hydrogens is 388 g/mol. The Hall–Kier alpha value is -3.49. The molecule has 2 aromatic carbocycles. The number of carbonyl (C=O) groups excluding carboxylic acids is 1. The molecule has 0 unspecified atom stereocenters. The standard InChI is InChI=1S/C26H24N2O3/c1-26(2)14-20-21(15-27)25(30-17-24(29)19-11-7-4-8-12-19)28-23(22(20)16-31-26)13-18-9-5-3-6-10-18/h3-12H,13-14,16-17H2,1-2H3. The number of Topliss-reactive ketones (excluding diaryl/α,β-unsaturated/α-hetero) is 1. The van der Waals surface area contributed by atoms with Crippen molar-refractivity contribution in [2.75, 3.05) is 6.61 Å². The predicted molar refractivity (Wildman–Crippen MR) is 117 cm³/mol. The van der Waals surface area contributed by atoms with Gasteiger partial charge in [-0.3, -0.25) is 4.79 Å². The van der Waals surface area contributed by atoms with Gasteiger partial charge in [-0.1, -0.05) is 60.7 Å². The van der Waals surface area contributed by atoms with Crippen LogP contribution in [0.1, 0.15) is 52.2 Å². The van der Waals surface area contributed by atoms with Gasteiger partial charge >= 0.3 is 0 Å². The molecule has 0 amide bonds. The second kappa shape index (κ2) is 8.71. The summed E-state index contributed by atoms with van der Waals surface area (Å²) in [5.41, 5.74) is 4.35. The molecule has 0 radical (unpaired) electrons. The van der Waals surface area contributed by atoms with Gasteiger partial charge in [0.05, 0.1) is 17.9 Å². The first-order chi connectivity index (χ1) is 15.0. The van der Waals surface area contributed by atoms with Crippen molar-refractivity contribution in [2.45, 2.75) is 38.9 Å². The molecule has 0 saturated heterocycles. The molecule has 0 N–H and O–H groups in total. The molecule has 1 aliphatic heterocycles. The summed E-state index contributed by atoms with van der Waals surface area (Å²) in [7, 11) is 0. The molecule has 31 heavy (non-hydrogen) atoms. The van der Waals surface area contributed by atoms with E-state index in [-0.39, 0.29) is 23.9 Å². The molecule has 0 atom stereocenters. The zero-order valence-electron chi connectivity index (χ0n) is 17.7. The molecule has 0 spiro atoms. The van der Waals surface area contributed by atoms with Crippen LogP contribution in [0.3, 0.4) is 0 Å². The van der Waals surface area contributed by atoms with Gasteiger partial charge < -0.3 is 9.47 Å². The number of hydrogen-bond acceptors (Lipinski definition) is 5. The molecule has 0 fully saturated rings. The quantitative estimate of drug-likeness (QED) is 0.551. The lowest BCUT2D eigenvalue weighted by Gasteiger charge is -2.33. The van der Waals surface area contributed by atoms with Gasteiger partial charge in [0.1, 0.15) is 11.6 Å². The molecule has 156 valence electrons. The lowest BCUT2D eigenvalue weighted by Crippen LogP contribution is -2.33. The normalized spacial score (nSPS) is 14.4. The van der Waals surface area contributed by atoms with Crippen molar-refractivity contribution >= 4 is 5.78 Å². The van der Waals surface area contributed by atoms with E-state index in [9.17, 15) is 10.1 Å². The fourth-order valence-electron chi connectivity index (χ4n) is 3.81. The Labute approximate surface area is 182 Å². The molecule has 3 aromatic rings. The van der Waals surface area contributed by atoms with Crippen LogP contribution in [0.4, 0.5) is 0 Å². The maximum atomic E-state index is 12.5. The third kappa shape index (κ3) is 4.65. The van der Waals surface area contributed by atoms with Crippen LogP contribution in [0.2, 0.25) is 0 Å². The summed E-state index contributed by atoms with van der Waals surface area (Å²) in [5.74, 6) is 0.0615. The fraction of sp³-hybridized carbons (Fsp3) is 0.269. The van der Waals surface area contributed by atoms with Crippen LogP contribution in [0.15, 0.2) is 60.7 Å². The molecule has 1 aliphatic rings. The number of hydrogen-bond donors (Lipinski definition) is 0. The Morgan fingerprint density at radius 3 is 2.45 bits per heavy atom. The number of ether oxygens (including phenoxy) is 2. The van der Waals surface area contributed by atoms with E-state index in [1.54, 1.807) is 12.1 Å². The summed E-state index contributed by atoms with van der Waals surface area (Å²) in [6.45, 7) is 4.24. The van der Waals surface area contributed by atoms with Crippen LogP contribution in [0.5, 0.6) is 5.88 Å². The lowest BCUT2D eigenvalue weighted by molar-refractivity contribution is -0.0408. The molecular formula is C26H24N2O3. The van der Waals surface area contributed by atoms with Gasteiger partial charge in [0.2, 0.25) is 5.88 Å². The van der Waals surface area contributed by atoms with Gasteiger partial charge in [-0.05, 0) is 25.0 Å². The van der Waals surface area contributed by atoms with E-state index in [4.69, 9.17) is 9.47 Å². The molecule has 0 bridgehead atoms. The van der Waals surface area contributed by atoms with Crippen LogP contribution in [0.25, 0.3) is 0 Å². The number of rotatable bonds is 6. The number of fused-ring (bicyclic) bond motifs is 1. The van der Waals surface area contributed by atoms with Gasteiger partial charge in [-0.2, -0.15) is 5.26 Å². The average Bonchev–Trinajstić information content (AvgIpc) is 2.78. The number of pyridine rings is 1. The third-order valence-electron chi connectivity index (χ3n) is 5.44. The van der Waals surface area contributed by atoms with Gasteiger partial charge in [0.25, 0.3) is 0 Å². The molecule has 5 nitrogen and oxygen atoms in total. The van der Waals surface area contributed by atoms with E-state index in [2.05, 4.69) is 11.1 Å². The van der Waals surface area contributed by atoms with Crippen molar-refractivity contribution in [3.05, 3.63) is 94.2 Å². The minimum Gasteiger partial charge on any atom is -0.468 e. The second-order valence-electron chi connectivity index (χ2n) is 8.27.